The first-order valence-corrected chi connectivity index (χ1v) is 9.21. The van der Waals surface area contributed by atoms with Crippen LogP contribution in [0.4, 0.5) is 22.0 Å². The van der Waals surface area contributed by atoms with E-state index in [1.807, 2.05) is 0 Å². The van der Waals surface area contributed by atoms with Crippen LogP contribution in [0, 0.1) is 31.3 Å². The first-order valence-electron chi connectivity index (χ1n) is 8.83. The van der Waals surface area contributed by atoms with E-state index in [9.17, 15) is 22.0 Å². The number of nitrogens with zero attached hydrogens (tertiary/aromatic N) is 2. The van der Waals surface area contributed by atoms with Gasteiger partial charge >= 0.3 is 0 Å². The van der Waals surface area contributed by atoms with Gasteiger partial charge < -0.3 is 0 Å². The van der Waals surface area contributed by atoms with Crippen molar-refractivity contribution >= 4 is 11.6 Å². The summed E-state index contributed by atoms with van der Waals surface area (Å²) in [5, 5.41) is 4.29. The Morgan fingerprint density at radius 3 is 2.24 bits per heavy atom. The molecule has 8 heteroatoms. The minimum atomic E-state index is -3.28. The van der Waals surface area contributed by atoms with Gasteiger partial charge in [-0.3, -0.25) is 4.68 Å². The van der Waals surface area contributed by atoms with Crippen molar-refractivity contribution < 1.29 is 22.0 Å². The van der Waals surface area contributed by atoms with Crippen molar-refractivity contribution in [3.8, 4) is 11.1 Å². The molecule has 1 aromatic heterocycles. The third-order valence-corrected chi connectivity index (χ3v) is 5.81. The Labute approximate surface area is 168 Å². The van der Waals surface area contributed by atoms with Crippen molar-refractivity contribution in [2.75, 3.05) is 0 Å². The molecule has 1 aliphatic rings. The molecule has 2 aromatic carbocycles. The summed E-state index contributed by atoms with van der Waals surface area (Å²) in [6, 6.07) is 5.26. The summed E-state index contributed by atoms with van der Waals surface area (Å²) < 4.78 is 73.1. The lowest BCUT2D eigenvalue weighted by molar-refractivity contribution is 0.0939. The molecule has 0 bridgehead atoms. The highest BCUT2D eigenvalue weighted by Gasteiger charge is 2.76. The molecule has 29 heavy (non-hydrogen) atoms. The SMILES string of the molecule is Cc1cc(F)cc(F)c1C1(c2c(-c3ccc(F)cc3Cl)c(C)nn2C)CC1(F)F. The average Bonchev–Trinajstić information content (AvgIpc) is 2.99. The molecule has 0 radical (unpaired) electrons. The van der Waals surface area contributed by atoms with Crippen LogP contribution in [-0.2, 0) is 12.5 Å². The molecule has 2 nitrogen and oxygen atoms in total. The van der Waals surface area contributed by atoms with Gasteiger partial charge in [-0.2, -0.15) is 5.10 Å². The van der Waals surface area contributed by atoms with Crippen molar-refractivity contribution in [3.63, 3.8) is 0 Å². The quantitative estimate of drug-likeness (QED) is 0.463. The molecule has 3 aromatic rings. The lowest BCUT2D eigenvalue weighted by atomic mass is 9.83. The summed E-state index contributed by atoms with van der Waals surface area (Å²) in [4.78, 5) is 0. The Morgan fingerprint density at radius 2 is 1.69 bits per heavy atom. The Hall–Kier alpha value is -2.41. The maximum absolute atomic E-state index is 14.9. The number of hydrogen-bond donors (Lipinski definition) is 0. The van der Waals surface area contributed by atoms with Crippen molar-refractivity contribution in [3.05, 3.63) is 75.3 Å². The van der Waals surface area contributed by atoms with Gasteiger partial charge in [-0.05, 0) is 43.7 Å². The van der Waals surface area contributed by atoms with Gasteiger partial charge in [0.1, 0.15) is 22.9 Å². The maximum atomic E-state index is 14.9. The zero-order valence-corrected chi connectivity index (χ0v) is 16.5. The molecular weight excluding hydrogens is 411 g/mol. The number of benzene rings is 2. The van der Waals surface area contributed by atoms with E-state index in [0.717, 1.165) is 12.1 Å². The van der Waals surface area contributed by atoms with E-state index in [1.165, 1.54) is 30.8 Å². The van der Waals surface area contributed by atoms with Gasteiger partial charge in [-0.15, -0.1) is 0 Å². The minimum Gasteiger partial charge on any atom is -0.271 e. The molecule has 4 rings (SSSR count). The molecule has 0 amide bonds. The third kappa shape index (κ3) is 2.78. The van der Waals surface area contributed by atoms with Crippen LogP contribution in [0.1, 0.15) is 28.9 Å². The fourth-order valence-corrected chi connectivity index (χ4v) is 4.60. The van der Waals surface area contributed by atoms with Gasteiger partial charge in [0, 0.05) is 36.2 Å². The van der Waals surface area contributed by atoms with E-state index < -0.39 is 35.2 Å². The summed E-state index contributed by atoms with van der Waals surface area (Å²) in [6.07, 6.45) is -0.659. The predicted molar refractivity (Wildman–Crippen MR) is 99.8 cm³/mol. The molecule has 0 spiro atoms. The Morgan fingerprint density at radius 1 is 1.03 bits per heavy atom. The minimum absolute atomic E-state index is 0.0257. The van der Waals surface area contributed by atoms with Crippen molar-refractivity contribution in [2.45, 2.75) is 31.6 Å². The van der Waals surface area contributed by atoms with Crippen molar-refractivity contribution in [1.82, 2.24) is 9.78 Å². The summed E-state index contributed by atoms with van der Waals surface area (Å²) in [6.45, 7) is 3.01. The molecule has 1 saturated carbocycles. The largest absolute Gasteiger partial charge is 0.271 e. The van der Waals surface area contributed by atoms with E-state index in [1.54, 1.807) is 6.92 Å². The zero-order chi connectivity index (χ0) is 21.3. The van der Waals surface area contributed by atoms with Crippen LogP contribution >= 0.6 is 11.6 Å². The van der Waals surface area contributed by atoms with E-state index in [2.05, 4.69) is 5.10 Å². The van der Waals surface area contributed by atoms with E-state index >= 15 is 0 Å². The first-order chi connectivity index (χ1) is 13.5. The molecule has 0 N–H and O–H groups in total. The number of aryl methyl sites for hydroxylation is 3. The van der Waals surface area contributed by atoms with Gasteiger partial charge in [0.05, 0.1) is 16.4 Å². The van der Waals surface area contributed by atoms with Gasteiger partial charge in [0.25, 0.3) is 5.92 Å². The fourth-order valence-electron chi connectivity index (χ4n) is 4.34. The van der Waals surface area contributed by atoms with Crippen LogP contribution in [0.15, 0.2) is 30.3 Å². The molecule has 1 fully saturated rings. The first kappa shape index (κ1) is 19.9. The van der Waals surface area contributed by atoms with E-state index in [4.69, 9.17) is 11.6 Å². The van der Waals surface area contributed by atoms with Crippen LogP contribution in [0.3, 0.4) is 0 Å². The van der Waals surface area contributed by atoms with Crippen LogP contribution in [0.5, 0.6) is 0 Å². The smallest absolute Gasteiger partial charge is 0.264 e. The van der Waals surface area contributed by atoms with Gasteiger partial charge in [-0.25, -0.2) is 22.0 Å². The summed E-state index contributed by atoms with van der Waals surface area (Å²) in [5.41, 5.74) is -1.17. The Balaban J connectivity index is 2.07. The Bertz CT molecular complexity index is 1130. The highest BCUT2D eigenvalue weighted by atomic mass is 35.5. The van der Waals surface area contributed by atoms with Crippen LogP contribution in [0.2, 0.25) is 5.02 Å². The lowest BCUT2D eigenvalue weighted by Crippen LogP contribution is -2.25. The number of aromatic nitrogens is 2. The zero-order valence-electron chi connectivity index (χ0n) is 15.8. The van der Waals surface area contributed by atoms with Gasteiger partial charge in [0.15, 0.2) is 0 Å². The number of halogens is 6. The van der Waals surface area contributed by atoms with Gasteiger partial charge in [-0.1, -0.05) is 11.6 Å². The second-order valence-corrected chi connectivity index (χ2v) is 7.83. The molecule has 1 atom stereocenters. The number of hydrogen-bond acceptors (Lipinski definition) is 1. The highest BCUT2D eigenvalue weighted by Crippen LogP contribution is 2.67. The second kappa shape index (κ2) is 6.29. The van der Waals surface area contributed by atoms with Crippen molar-refractivity contribution in [2.24, 2.45) is 7.05 Å². The highest BCUT2D eigenvalue weighted by molar-refractivity contribution is 6.33. The molecule has 0 saturated heterocycles. The molecule has 1 aliphatic carbocycles. The topological polar surface area (TPSA) is 17.8 Å². The van der Waals surface area contributed by atoms with E-state index in [0.29, 0.717) is 17.3 Å². The molecule has 1 unspecified atom stereocenters. The molecule has 1 heterocycles. The monoisotopic (exact) mass is 426 g/mol. The summed E-state index contributed by atoms with van der Waals surface area (Å²) in [7, 11) is 1.48. The van der Waals surface area contributed by atoms with Crippen LogP contribution in [0.25, 0.3) is 11.1 Å². The summed E-state index contributed by atoms with van der Waals surface area (Å²) in [5.74, 6) is -5.74. The third-order valence-electron chi connectivity index (χ3n) is 5.49. The standard InChI is InChI=1S/C21H16ClF5N2/c1-10-6-13(24)8-16(25)18(10)20(9-21(20,26)27)19-17(11(2)28-29(19)3)14-5-4-12(23)7-15(14)22/h4-8H,9H2,1-3H3. The summed E-state index contributed by atoms with van der Waals surface area (Å²) >= 11 is 6.20. The Kier molecular flexibility index (Phi) is 4.31. The lowest BCUT2D eigenvalue weighted by Gasteiger charge is -2.23. The molecule has 0 aliphatic heterocycles. The number of rotatable bonds is 3. The van der Waals surface area contributed by atoms with E-state index in [-0.39, 0.29) is 27.4 Å². The van der Waals surface area contributed by atoms with Gasteiger partial charge in [0.2, 0.25) is 0 Å². The predicted octanol–water partition coefficient (Wildman–Crippen LogP) is 6.10. The van der Waals surface area contributed by atoms with Crippen LogP contribution < -0.4 is 0 Å². The van der Waals surface area contributed by atoms with Crippen LogP contribution in [-0.4, -0.2) is 15.7 Å². The maximum Gasteiger partial charge on any atom is 0.264 e. The molecule has 152 valence electrons. The number of alkyl halides is 2. The molecular formula is C21H16ClF5N2. The average molecular weight is 427 g/mol. The second-order valence-electron chi connectivity index (χ2n) is 7.42. The van der Waals surface area contributed by atoms with Crippen molar-refractivity contribution in [1.29, 1.82) is 0 Å². The fraction of sp³-hybridized carbons (Fsp3) is 0.286. The normalized spacial score (nSPS) is 20.2.